The van der Waals surface area contributed by atoms with Gasteiger partial charge >= 0.3 is 5.97 Å². The predicted molar refractivity (Wildman–Crippen MR) is 63.7 cm³/mol. The lowest BCUT2D eigenvalue weighted by molar-refractivity contribution is -0.131. The summed E-state index contributed by atoms with van der Waals surface area (Å²) in [5.41, 5.74) is 0. The molecule has 0 spiro atoms. The molecular weight excluding hydrogens is 274 g/mol. The van der Waals surface area contributed by atoms with Crippen molar-refractivity contribution in [2.24, 2.45) is 0 Å². The molecule has 0 fully saturated rings. The standard InChI is InChI=1S/C10H7Cl3O3/c11-6-4-8(13)9(5-7(6)12)16-3-1-2-10(14)15/h1-2,4-5H,3H2,(H,14,15). The molecule has 0 amide bonds. The molecular formula is C10H7Cl3O3. The number of aliphatic carboxylic acids is 1. The summed E-state index contributed by atoms with van der Waals surface area (Å²) in [4.78, 5) is 10.2. The van der Waals surface area contributed by atoms with Crippen molar-refractivity contribution in [2.45, 2.75) is 0 Å². The van der Waals surface area contributed by atoms with E-state index in [1.165, 1.54) is 18.2 Å². The summed E-state index contributed by atoms with van der Waals surface area (Å²) in [6.45, 7) is 0.0873. The molecule has 3 nitrogen and oxygen atoms in total. The van der Waals surface area contributed by atoms with Crippen molar-refractivity contribution in [1.82, 2.24) is 0 Å². The third-order valence-corrected chi connectivity index (χ3v) is 2.59. The van der Waals surface area contributed by atoms with Gasteiger partial charge in [0, 0.05) is 12.1 Å². The highest BCUT2D eigenvalue weighted by Gasteiger charge is 2.06. The zero-order valence-electron chi connectivity index (χ0n) is 7.91. The monoisotopic (exact) mass is 280 g/mol. The Morgan fingerprint density at radius 3 is 2.50 bits per heavy atom. The van der Waals surface area contributed by atoms with Gasteiger partial charge in [-0.25, -0.2) is 4.79 Å². The number of hydrogen-bond donors (Lipinski definition) is 1. The maximum atomic E-state index is 10.2. The van der Waals surface area contributed by atoms with E-state index < -0.39 is 5.97 Å². The molecule has 0 radical (unpaired) electrons. The lowest BCUT2D eigenvalue weighted by Gasteiger charge is -2.06. The number of carbonyl (C=O) groups is 1. The van der Waals surface area contributed by atoms with Crippen LogP contribution in [0, 0.1) is 0 Å². The Hall–Kier alpha value is -0.900. The first-order valence-electron chi connectivity index (χ1n) is 4.17. The molecule has 1 aromatic rings. The average Bonchev–Trinajstić information content (AvgIpc) is 2.19. The first kappa shape index (κ1) is 13.2. The first-order chi connectivity index (χ1) is 7.50. The lowest BCUT2D eigenvalue weighted by Crippen LogP contribution is -1.96. The molecule has 16 heavy (non-hydrogen) atoms. The summed E-state index contributed by atoms with van der Waals surface area (Å²) in [6, 6.07) is 2.93. The van der Waals surface area contributed by atoms with Gasteiger partial charge in [0.25, 0.3) is 0 Å². The van der Waals surface area contributed by atoms with Crippen molar-refractivity contribution in [2.75, 3.05) is 6.61 Å². The number of carboxylic acid groups (broad SMARTS) is 1. The predicted octanol–water partition coefficient (Wildman–Crippen LogP) is 3.67. The molecule has 0 heterocycles. The summed E-state index contributed by atoms with van der Waals surface area (Å²) in [5, 5.41) is 9.31. The Balaban J connectivity index is 2.67. The molecule has 1 rings (SSSR count). The number of halogens is 3. The van der Waals surface area contributed by atoms with Gasteiger partial charge < -0.3 is 9.84 Å². The topological polar surface area (TPSA) is 46.5 Å². The lowest BCUT2D eigenvalue weighted by atomic mass is 10.3. The minimum absolute atomic E-state index is 0.0873. The third kappa shape index (κ3) is 3.93. The molecule has 86 valence electrons. The summed E-state index contributed by atoms with van der Waals surface area (Å²) in [5.74, 6) is -0.685. The van der Waals surface area contributed by atoms with Gasteiger partial charge in [0.1, 0.15) is 12.4 Å². The summed E-state index contributed by atoms with van der Waals surface area (Å²) in [7, 11) is 0. The van der Waals surface area contributed by atoms with Crippen LogP contribution in [0.2, 0.25) is 15.1 Å². The number of carboxylic acids is 1. The number of hydrogen-bond acceptors (Lipinski definition) is 2. The quantitative estimate of drug-likeness (QED) is 0.676. The Morgan fingerprint density at radius 1 is 1.25 bits per heavy atom. The molecule has 0 saturated carbocycles. The van der Waals surface area contributed by atoms with E-state index in [4.69, 9.17) is 44.6 Å². The van der Waals surface area contributed by atoms with Crippen molar-refractivity contribution in [3.63, 3.8) is 0 Å². The second-order valence-corrected chi connectivity index (χ2v) is 3.97. The van der Waals surface area contributed by atoms with E-state index in [0.29, 0.717) is 20.8 Å². The molecule has 0 aliphatic heterocycles. The van der Waals surface area contributed by atoms with Gasteiger partial charge in [0.2, 0.25) is 0 Å². The molecule has 1 N–H and O–H groups in total. The highest BCUT2D eigenvalue weighted by molar-refractivity contribution is 6.43. The van der Waals surface area contributed by atoms with Gasteiger partial charge in [-0.2, -0.15) is 0 Å². The second kappa shape index (κ2) is 5.99. The van der Waals surface area contributed by atoms with Crippen LogP contribution in [0.25, 0.3) is 0 Å². The van der Waals surface area contributed by atoms with Gasteiger partial charge in [-0.1, -0.05) is 34.8 Å². The van der Waals surface area contributed by atoms with Gasteiger partial charge in [-0.05, 0) is 12.1 Å². The van der Waals surface area contributed by atoms with E-state index in [2.05, 4.69) is 0 Å². The number of ether oxygens (including phenoxy) is 1. The van der Waals surface area contributed by atoms with Gasteiger partial charge in [0.05, 0.1) is 15.1 Å². The third-order valence-electron chi connectivity index (χ3n) is 1.57. The van der Waals surface area contributed by atoms with Crippen LogP contribution >= 0.6 is 34.8 Å². The van der Waals surface area contributed by atoms with E-state index in [0.717, 1.165) is 6.08 Å². The smallest absolute Gasteiger partial charge is 0.328 e. The van der Waals surface area contributed by atoms with Crippen LogP contribution in [0.3, 0.4) is 0 Å². The number of benzene rings is 1. The van der Waals surface area contributed by atoms with Crippen LogP contribution in [0.5, 0.6) is 5.75 Å². The van der Waals surface area contributed by atoms with Crippen LogP contribution in [0.1, 0.15) is 0 Å². The molecule has 1 aromatic carbocycles. The van der Waals surface area contributed by atoms with Crippen molar-refractivity contribution in [1.29, 1.82) is 0 Å². The number of rotatable bonds is 4. The molecule has 6 heteroatoms. The minimum Gasteiger partial charge on any atom is -0.488 e. The molecule has 0 aliphatic rings. The fourth-order valence-corrected chi connectivity index (χ4v) is 1.49. The summed E-state index contributed by atoms with van der Waals surface area (Å²) < 4.78 is 5.20. The Bertz CT molecular complexity index is 430. The van der Waals surface area contributed by atoms with Crippen molar-refractivity contribution < 1.29 is 14.6 Å². The van der Waals surface area contributed by atoms with Gasteiger partial charge in [-0.15, -0.1) is 0 Å². The van der Waals surface area contributed by atoms with Crippen LogP contribution in [0.4, 0.5) is 0 Å². The minimum atomic E-state index is -1.04. The summed E-state index contributed by atoms with van der Waals surface area (Å²) in [6.07, 6.45) is 2.33. The Labute approximate surface area is 107 Å². The van der Waals surface area contributed by atoms with E-state index in [-0.39, 0.29) is 6.61 Å². The van der Waals surface area contributed by atoms with E-state index in [9.17, 15) is 4.79 Å². The molecule has 0 aliphatic carbocycles. The maximum absolute atomic E-state index is 10.2. The zero-order chi connectivity index (χ0) is 12.1. The van der Waals surface area contributed by atoms with E-state index in [1.54, 1.807) is 0 Å². The van der Waals surface area contributed by atoms with Crippen molar-refractivity contribution in [3.8, 4) is 5.75 Å². The molecule has 0 bridgehead atoms. The fraction of sp³-hybridized carbons (Fsp3) is 0.100. The Kier molecular flexibility index (Phi) is 4.93. The zero-order valence-corrected chi connectivity index (χ0v) is 10.2. The molecule has 0 atom stereocenters. The van der Waals surface area contributed by atoms with Gasteiger partial charge in [0.15, 0.2) is 0 Å². The molecule has 0 saturated heterocycles. The van der Waals surface area contributed by atoms with Crippen molar-refractivity contribution in [3.05, 3.63) is 39.4 Å². The maximum Gasteiger partial charge on any atom is 0.328 e. The molecule has 0 aromatic heterocycles. The van der Waals surface area contributed by atoms with Crippen LogP contribution in [0.15, 0.2) is 24.3 Å². The van der Waals surface area contributed by atoms with Crippen molar-refractivity contribution >= 4 is 40.8 Å². The van der Waals surface area contributed by atoms with Crippen LogP contribution < -0.4 is 4.74 Å². The van der Waals surface area contributed by atoms with E-state index >= 15 is 0 Å². The highest BCUT2D eigenvalue weighted by Crippen LogP contribution is 2.33. The average molecular weight is 282 g/mol. The largest absolute Gasteiger partial charge is 0.488 e. The normalized spacial score (nSPS) is 10.7. The van der Waals surface area contributed by atoms with Gasteiger partial charge in [-0.3, -0.25) is 0 Å². The van der Waals surface area contributed by atoms with E-state index in [1.807, 2.05) is 0 Å². The van der Waals surface area contributed by atoms with Crippen LogP contribution in [-0.2, 0) is 4.79 Å². The fourth-order valence-electron chi connectivity index (χ4n) is 0.902. The SMILES string of the molecule is O=C(O)C=CCOc1cc(Cl)c(Cl)cc1Cl. The molecule has 0 unspecified atom stereocenters. The van der Waals surface area contributed by atoms with Crippen LogP contribution in [-0.4, -0.2) is 17.7 Å². The highest BCUT2D eigenvalue weighted by atomic mass is 35.5. The second-order valence-electron chi connectivity index (χ2n) is 2.75. The summed E-state index contributed by atoms with van der Waals surface area (Å²) >= 11 is 17.3. The Morgan fingerprint density at radius 2 is 1.88 bits per heavy atom. The first-order valence-corrected chi connectivity index (χ1v) is 5.31.